The maximum absolute atomic E-state index is 13.5. The second-order valence-corrected chi connectivity index (χ2v) is 3.93. The number of allylic oxidation sites excluding steroid dienone is 4. The molecule has 0 radical (unpaired) electrons. The van der Waals surface area contributed by atoms with Gasteiger partial charge in [0.25, 0.3) is 5.92 Å². The molecule has 0 aliphatic carbocycles. The van der Waals surface area contributed by atoms with Crippen molar-refractivity contribution in [1.82, 2.24) is 4.90 Å². The number of hydrogen-bond acceptors (Lipinski definition) is 2. The SMILES string of the molecule is C=C/C(C)=C1\N=C(C)C=C(C(C)(F)F)N1C=C. The summed E-state index contributed by atoms with van der Waals surface area (Å²) in [5.41, 5.74) is 1.13. The maximum atomic E-state index is 13.5. The molecular formula is C13H16F2N2. The van der Waals surface area contributed by atoms with Gasteiger partial charge in [-0.15, -0.1) is 0 Å². The quantitative estimate of drug-likeness (QED) is 0.729. The van der Waals surface area contributed by atoms with E-state index in [1.165, 1.54) is 17.2 Å². The van der Waals surface area contributed by atoms with Crippen molar-refractivity contribution in [2.24, 2.45) is 4.99 Å². The van der Waals surface area contributed by atoms with E-state index in [1.807, 2.05) is 0 Å². The van der Waals surface area contributed by atoms with Crippen LogP contribution in [-0.2, 0) is 0 Å². The third-order valence-corrected chi connectivity index (χ3v) is 2.41. The van der Waals surface area contributed by atoms with Crippen LogP contribution in [-0.4, -0.2) is 16.5 Å². The Bertz CT molecular complexity index is 437. The number of halogens is 2. The fourth-order valence-corrected chi connectivity index (χ4v) is 1.53. The third kappa shape index (κ3) is 2.70. The second-order valence-electron chi connectivity index (χ2n) is 3.93. The molecule has 92 valence electrons. The summed E-state index contributed by atoms with van der Waals surface area (Å²) in [6, 6.07) is 0. The van der Waals surface area contributed by atoms with E-state index in [0.717, 1.165) is 12.5 Å². The topological polar surface area (TPSA) is 15.6 Å². The van der Waals surface area contributed by atoms with E-state index < -0.39 is 5.92 Å². The van der Waals surface area contributed by atoms with Gasteiger partial charge in [0.1, 0.15) is 5.82 Å². The molecular weight excluding hydrogens is 222 g/mol. The highest BCUT2D eigenvalue weighted by Crippen LogP contribution is 2.33. The van der Waals surface area contributed by atoms with Crippen LogP contribution in [0.25, 0.3) is 0 Å². The minimum absolute atomic E-state index is 0.129. The summed E-state index contributed by atoms with van der Waals surface area (Å²) >= 11 is 0. The van der Waals surface area contributed by atoms with E-state index in [4.69, 9.17) is 0 Å². The van der Waals surface area contributed by atoms with Gasteiger partial charge in [0, 0.05) is 18.8 Å². The van der Waals surface area contributed by atoms with Crippen molar-refractivity contribution in [2.45, 2.75) is 26.7 Å². The first-order valence-corrected chi connectivity index (χ1v) is 5.21. The molecule has 0 atom stereocenters. The summed E-state index contributed by atoms with van der Waals surface area (Å²) in [6.07, 6.45) is 4.28. The highest BCUT2D eigenvalue weighted by molar-refractivity contribution is 5.95. The molecule has 2 nitrogen and oxygen atoms in total. The van der Waals surface area contributed by atoms with E-state index in [9.17, 15) is 8.78 Å². The fraction of sp³-hybridized carbons (Fsp3) is 0.308. The van der Waals surface area contributed by atoms with Crippen LogP contribution in [0, 0.1) is 0 Å². The van der Waals surface area contributed by atoms with E-state index in [0.29, 0.717) is 11.5 Å². The van der Waals surface area contributed by atoms with Crippen LogP contribution in [0.5, 0.6) is 0 Å². The first kappa shape index (κ1) is 13.4. The normalized spacial score (nSPS) is 19.5. The van der Waals surface area contributed by atoms with Crippen LogP contribution in [0.4, 0.5) is 8.78 Å². The molecule has 1 aliphatic heterocycles. The zero-order valence-corrected chi connectivity index (χ0v) is 10.3. The van der Waals surface area contributed by atoms with Gasteiger partial charge < -0.3 is 4.90 Å². The molecule has 0 amide bonds. The summed E-state index contributed by atoms with van der Waals surface area (Å²) in [5, 5.41) is 0. The maximum Gasteiger partial charge on any atom is 0.285 e. The van der Waals surface area contributed by atoms with Gasteiger partial charge in [0.2, 0.25) is 0 Å². The number of rotatable bonds is 3. The number of nitrogens with zero attached hydrogens (tertiary/aromatic N) is 2. The molecule has 17 heavy (non-hydrogen) atoms. The average molecular weight is 238 g/mol. The minimum Gasteiger partial charge on any atom is -0.300 e. The van der Waals surface area contributed by atoms with Gasteiger partial charge >= 0.3 is 0 Å². The predicted molar refractivity (Wildman–Crippen MR) is 66.7 cm³/mol. The smallest absolute Gasteiger partial charge is 0.285 e. The van der Waals surface area contributed by atoms with E-state index >= 15 is 0 Å². The summed E-state index contributed by atoms with van der Waals surface area (Å²) in [7, 11) is 0. The van der Waals surface area contributed by atoms with Crippen molar-refractivity contribution >= 4 is 5.71 Å². The van der Waals surface area contributed by atoms with E-state index in [-0.39, 0.29) is 5.70 Å². The Morgan fingerprint density at radius 1 is 1.47 bits per heavy atom. The highest BCUT2D eigenvalue weighted by atomic mass is 19.3. The van der Waals surface area contributed by atoms with Crippen molar-refractivity contribution in [3.8, 4) is 0 Å². The van der Waals surface area contributed by atoms with Gasteiger partial charge in [0.05, 0.1) is 5.70 Å². The first-order chi connectivity index (χ1) is 7.81. The summed E-state index contributed by atoms with van der Waals surface area (Å²) in [6.45, 7) is 11.5. The summed E-state index contributed by atoms with van der Waals surface area (Å²) in [5.74, 6) is -2.51. The predicted octanol–water partition coefficient (Wildman–Crippen LogP) is 3.86. The van der Waals surface area contributed by atoms with Crippen molar-refractivity contribution in [3.63, 3.8) is 0 Å². The summed E-state index contributed by atoms with van der Waals surface area (Å²) < 4.78 is 27.0. The third-order valence-electron chi connectivity index (χ3n) is 2.41. The molecule has 0 unspecified atom stereocenters. The Kier molecular flexibility index (Phi) is 3.66. The second kappa shape index (κ2) is 4.65. The molecule has 0 bridgehead atoms. The molecule has 1 heterocycles. The van der Waals surface area contributed by atoms with Crippen molar-refractivity contribution in [3.05, 3.63) is 48.6 Å². The van der Waals surface area contributed by atoms with Crippen LogP contribution >= 0.6 is 0 Å². The average Bonchev–Trinajstić information content (AvgIpc) is 2.25. The van der Waals surface area contributed by atoms with Gasteiger partial charge in [-0.3, -0.25) is 0 Å². The van der Waals surface area contributed by atoms with E-state index in [2.05, 4.69) is 18.2 Å². The lowest BCUT2D eigenvalue weighted by molar-refractivity contribution is 0.0421. The molecule has 0 fully saturated rings. The summed E-state index contributed by atoms with van der Waals surface area (Å²) in [4.78, 5) is 5.53. The molecule has 4 heteroatoms. The lowest BCUT2D eigenvalue weighted by atomic mass is 10.1. The zero-order valence-electron chi connectivity index (χ0n) is 10.3. The largest absolute Gasteiger partial charge is 0.300 e. The van der Waals surface area contributed by atoms with Crippen LogP contribution in [0.2, 0.25) is 0 Å². The molecule has 0 aromatic rings. The Morgan fingerprint density at radius 2 is 2.06 bits per heavy atom. The van der Waals surface area contributed by atoms with Gasteiger partial charge in [0.15, 0.2) is 0 Å². The van der Waals surface area contributed by atoms with Crippen LogP contribution < -0.4 is 0 Å². The van der Waals surface area contributed by atoms with Gasteiger partial charge in [-0.2, -0.15) is 0 Å². The van der Waals surface area contributed by atoms with Gasteiger partial charge in [-0.25, -0.2) is 13.8 Å². The molecule has 0 aromatic heterocycles. The van der Waals surface area contributed by atoms with Crippen molar-refractivity contribution in [1.29, 1.82) is 0 Å². The van der Waals surface area contributed by atoms with Gasteiger partial charge in [-0.1, -0.05) is 19.2 Å². The monoisotopic (exact) mass is 238 g/mol. The molecule has 0 N–H and O–H groups in total. The van der Waals surface area contributed by atoms with Crippen molar-refractivity contribution < 1.29 is 8.78 Å². The molecule has 1 rings (SSSR count). The minimum atomic E-state index is -2.95. The van der Waals surface area contributed by atoms with Crippen molar-refractivity contribution in [2.75, 3.05) is 0 Å². The number of alkyl halides is 2. The van der Waals surface area contributed by atoms with Crippen LogP contribution in [0.3, 0.4) is 0 Å². The molecule has 0 saturated carbocycles. The lowest BCUT2D eigenvalue weighted by Gasteiger charge is -2.31. The van der Waals surface area contributed by atoms with Crippen LogP contribution in [0.1, 0.15) is 20.8 Å². The zero-order chi connectivity index (χ0) is 13.2. The lowest BCUT2D eigenvalue weighted by Crippen LogP contribution is -2.31. The molecule has 1 aliphatic rings. The van der Waals surface area contributed by atoms with E-state index in [1.54, 1.807) is 19.9 Å². The highest BCUT2D eigenvalue weighted by Gasteiger charge is 2.34. The standard InChI is InChI=1S/C13H16F2N2/c1-6-9(3)12-16-10(4)8-11(13(5,14)15)17(12)7-2/h6-8H,1-2H2,3-5H3/b12-9+. The molecule has 0 saturated heterocycles. The van der Waals surface area contributed by atoms with Gasteiger partial charge in [-0.05, 0) is 25.5 Å². The Morgan fingerprint density at radius 3 is 2.47 bits per heavy atom. The Labute approximate surface area is 100 Å². The van der Waals surface area contributed by atoms with Crippen LogP contribution in [0.15, 0.2) is 53.6 Å². The fourth-order valence-electron chi connectivity index (χ4n) is 1.53. The Balaban J connectivity index is 3.40. The first-order valence-electron chi connectivity index (χ1n) is 5.21. The molecule has 0 spiro atoms. The Hall–Kier alpha value is -1.71. The number of hydrogen-bond donors (Lipinski definition) is 0. The molecule has 0 aromatic carbocycles. The number of aliphatic imine (C=N–C) groups is 1.